The topological polar surface area (TPSA) is 71.3 Å². The predicted octanol–water partition coefficient (Wildman–Crippen LogP) is 3.94. The Labute approximate surface area is 188 Å². The first-order chi connectivity index (χ1) is 15.2. The number of halogens is 1. The van der Waals surface area contributed by atoms with Crippen LogP contribution in [0, 0.1) is 30.5 Å². The van der Waals surface area contributed by atoms with E-state index in [4.69, 9.17) is 0 Å². The van der Waals surface area contributed by atoms with Gasteiger partial charge in [0.15, 0.2) is 0 Å². The zero-order valence-electron chi connectivity index (χ0n) is 19.0. The lowest BCUT2D eigenvalue weighted by atomic mass is 9.52. The zero-order chi connectivity index (χ0) is 22.8. The van der Waals surface area contributed by atoms with Crippen molar-refractivity contribution in [1.29, 1.82) is 0 Å². The molecule has 0 spiro atoms. The van der Waals surface area contributed by atoms with Crippen molar-refractivity contribution in [3.8, 4) is 0 Å². The summed E-state index contributed by atoms with van der Waals surface area (Å²) in [6.07, 6.45) is 5.23. The number of nitrogens with one attached hydrogen (secondary N) is 1. The quantitative estimate of drug-likeness (QED) is 0.695. The average Bonchev–Trinajstić information content (AvgIpc) is 3.07. The molecule has 4 aliphatic rings. The fraction of sp³-hybridized carbons (Fsp3) is 0.538. The number of ketones is 1. The van der Waals surface area contributed by atoms with Crippen LogP contribution in [0.2, 0.25) is 0 Å². The Morgan fingerprint density at radius 2 is 1.88 bits per heavy atom. The Morgan fingerprint density at radius 1 is 1.19 bits per heavy atom. The molecule has 170 valence electrons. The van der Waals surface area contributed by atoms with E-state index >= 15 is 0 Å². The number of aryl methyl sites for hydroxylation is 2. The van der Waals surface area contributed by atoms with Gasteiger partial charge in [-0.05, 0) is 98.6 Å². The van der Waals surface area contributed by atoms with Crippen molar-refractivity contribution >= 4 is 11.7 Å². The molecule has 6 heteroatoms. The lowest BCUT2D eigenvalue weighted by Gasteiger charge is -2.58. The highest BCUT2D eigenvalue weighted by molar-refractivity contribution is 6.09. The lowest BCUT2D eigenvalue weighted by Crippen LogP contribution is -2.61. The van der Waals surface area contributed by atoms with Crippen LogP contribution in [0.1, 0.15) is 76.7 Å². The van der Waals surface area contributed by atoms with Gasteiger partial charge in [-0.3, -0.25) is 9.59 Å². The zero-order valence-corrected chi connectivity index (χ0v) is 19.0. The molecule has 1 aromatic carbocycles. The molecule has 2 atom stereocenters. The summed E-state index contributed by atoms with van der Waals surface area (Å²) < 4.78 is 15.3. The first-order valence-corrected chi connectivity index (χ1v) is 11.7. The third-order valence-electron chi connectivity index (χ3n) is 8.10. The van der Waals surface area contributed by atoms with E-state index in [0.29, 0.717) is 46.7 Å². The van der Waals surface area contributed by atoms with E-state index in [1.54, 1.807) is 30.7 Å². The van der Waals surface area contributed by atoms with Gasteiger partial charge < -0.3 is 15.0 Å². The summed E-state index contributed by atoms with van der Waals surface area (Å²) >= 11 is 0. The van der Waals surface area contributed by atoms with Crippen LogP contribution in [0.3, 0.4) is 0 Å². The molecule has 2 aromatic rings. The number of nitrogens with zero attached hydrogens (tertiary/aromatic N) is 1. The van der Waals surface area contributed by atoms with E-state index in [1.165, 1.54) is 12.1 Å². The molecule has 2 N–H and O–H groups in total. The van der Waals surface area contributed by atoms with Crippen LogP contribution in [0.4, 0.5) is 4.39 Å². The minimum Gasteiger partial charge on any atom is -0.390 e. The highest BCUT2D eigenvalue weighted by Gasteiger charge is 2.55. The number of amides is 1. The van der Waals surface area contributed by atoms with Gasteiger partial charge in [0, 0.05) is 18.7 Å². The molecule has 4 saturated carbocycles. The Bertz CT molecular complexity index is 1090. The molecule has 1 amide bonds. The van der Waals surface area contributed by atoms with E-state index in [2.05, 4.69) is 5.32 Å². The number of hydrogen-bond acceptors (Lipinski definition) is 3. The summed E-state index contributed by atoms with van der Waals surface area (Å²) in [5, 5.41) is 14.1. The number of benzene rings is 1. The second kappa shape index (κ2) is 7.55. The number of aliphatic hydroxyl groups is 1. The standard InChI is InChI=1S/C26H31FN2O3/c1-4-16-10-21(24(30)17-5-6-20(27)14(2)7-17)29(3)23(16)25(31)28-22-18-8-15-9-19(22)13-26(32,11-15)12-18/h5-7,10,15,18-19,22,32H,4,8-9,11-13H2,1-3H3,(H,28,31). The van der Waals surface area contributed by atoms with Crippen LogP contribution >= 0.6 is 0 Å². The van der Waals surface area contributed by atoms with Crippen LogP contribution in [0.25, 0.3) is 0 Å². The summed E-state index contributed by atoms with van der Waals surface area (Å²) in [6, 6.07) is 6.21. The summed E-state index contributed by atoms with van der Waals surface area (Å²) in [5.41, 5.74) is 2.06. The number of carbonyl (C=O) groups excluding carboxylic acids is 2. The van der Waals surface area contributed by atoms with Gasteiger partial charge in [-0.15, -0.1) is 0 Å². The largest absolute Gasteiger partial charge is 0.390 e. The summed E-state index contributed by atoms with van der Waals surface area (Å²) in [4.78, 5) is 26.6. The van der Waals surface area contributed by atoms with Gasteiger partial charge in [-0.1, -0.05) is 6.92 Å². The molecular weight excluding hydrogens is 407 g/mol. The van der Waals surface area contributed by atoms with Gasteiger partial charge in [-0.25, -0.2) is 4.39 Å². The molecule has 4 fully saturated rings. The molecule has 4 aliphatic carbocycles. The second-order valence-corrected chi connectivity index (χ2v) is 10.3. The van der Waals surface area contributed by atoms with E-state index in [-0.39, 0.29) is 23.5 Å². The second-order valence-electron chi connectivity index (χ2n) is 10.3. The molecule has 6 rings (SSSR count). The minimum absolute atomic E-state index is 0.0813. The molecule has 0 saturated heterocycles. The maximum Gasteiger partial charge on any atom is 0.268 e. The Hall–Kier alpha value is -2.47. The van der Waals surface area contributed by atoms with Crippen molar-refractivity contribution in [3.63, 3.8) is 0 Å². The molecule has 1 heterocycles. The van der Waals surface area contributed by atoms with Crippen LogP contribution in [-0.2, 0) is 13.5 Å². The summed E-state index contributed by atoms with van der Waals surface area (Å²) in [7, 11) is 1.75. The third-order valence-corrected chi connectivity index (χ3v) is 8.10. The summed E-state index contributed by atoms with van der Waals surface area (Å²) in [5.74, 6) is 0.510. The van der Waals surface area contributed by atoms with Gasteiger partial charge in [0.2, 0.25) is 5.78 Å². The SMILES string of the molecule is CCc1cc(C(=O)c2ccc(F)c(C)c2)n(C)c1C(=O)NC1C2CC3CC1CC(O)(C3)C2. The van der Waals surface area contributed by atoms with Crippen molar-refractivity contribution in [1.82, 2.24) is 9.88 Å². The molecule has 0 radical (unpaired) electrons. The Morgan fingerprint density at radius 3 is 2.47 bits per heavy atom. The Kier molecular flexibility index (Phi) is 5.04. The first kappa shape index (κ1) is 21.4. The molecule has 2 unspecified atom stereocenters. The first-order valence-electron chi connectivity index (χ1n) is 11.7. The third kappa shape index (κ3) is 3.40. The van der Waals surface area contributed by atoms with Crippen LogP contribution < -0.4 is 5.32 Å². The average molecular weight is 439 g/mol. The van der Waals surface area contributed by atoms with Gasteiger partial charge in [0.1, 0.15) is 11.5 Å². The normalized spacial score (nSPS) is 30.5. The monoisotopic (exact) mass is 438 g/mol. The van der Waals surface area contributed by atoms with Gasteiger partial charge in [0.05, 0.1) is 11.3 Å². The molecule has 0 aliphatic heterocycles. The van der Waals surface area contributed by atoms with Crippen LogP contribution in [-0.4, -0.2) is 33.0 Å². The minimum atomic E-state index is -0.538. The lowest BCUT2D eigenvalue weighted by molar-refractivity contribution is -0.137. The highest BCUT2D eigenvalue weighted by atomic mass is 19.1. The van der Waals surface area contributed by atoms with Crippen molar-refractivity contribution in [2.75, 3.05) is 0 Å². The number of hydrogen-bond donors (Lipinski definition) is 2. The van der Waals surface area contributed by atoms with Crippen molar-refractivity contribution in [3.05, 3.63) is 58.2 Å². The van der Waals surface area contributed by atoms with E-state index in [0.717, 1.165) is 37.7 Å². The Balaban J connectivity index is 1.41. The van der Waals surface area contributed by atoms with Crippen molar-refractivity contribution in [2.45, 2.75) is 64.0 Å². The highest BCUT2D eigenvalue weighted by Crippen LogP contribution is 2.55. The van der Waals surface area contributed by atoms with Crippen LogP contribution in [0.5, 0.6) is 0 Å². The molecule has 1 aromatic heterocycles. The maximum atomic E-state index is 13.7. The van der Waals surface area contributed by atoms with Gasteiger partial charge in [0.25, 0.3) is 5.91 Å². The van der Waals surface area contributed by atoms with E-state index < -0.39 is 5.60 Å². The smallest absolute Gasteiger partial charge is 0.268 e. The van der Waals surface area contributed by atoms with E-state index in [1.807, 2.05) is 6.92 Å². The fourth-order valence-electron chi connectivity index (χ4n) is 6.82. The van der Waals surface area contributed by atoms with E-state index in [9.17, 15) is 19.1 Å². The van der Waals surface area contributed by atoms with Gasteiger partial charge in [-0.2, -0.15) is 0 Å². The molecule has 5 nitrogen and oxygen atoms in total. The maximum absolute atomic E-state index is 13.7. The number of rotatable bonds is 5. The van der Waals surface area contributed by atoms with Crippen LogP contribution in [0.15, 0.2) is 24.3 Å². The molecule has 32 heavy (non-hydrogen) atoms. The van der Waals surface area contributed by atoms with Crippen molar-refractivity contribution in [2.24, 2.45) is 24.8 Å². The summed E-state index contributed by atoms with van der Waals surface area (Å²) in [6.45, 7) is 3.61. The van der Waals surface area contributed by atoms with Gasteiger partial charge >= 0.3 is 0 Å². The van der Waals surface area contributed by atoms with Crippen molar-refractivity contribution < 1.29 is 19.1 Å². The fourth-order valence-corrected chi connectivity index (χ4v) is 6.82. The molecule has 4 bridgehead atoms. The number of carbonyl (C=O) groups is 2. The molecular formula is C26H31FN2O3. The predicted molar refractivity (Wildman–Crippen MR) is 119 cm³/mol. The number of aromatic nitrogens is 1.